The van der Waals surface area contributed by atoms with E-state index >= 15 is 0 Å². The van der Waals surface area contributed by atoms with Crippen LogP contribution in [0.2, 0.25) is 5.02 Å². The topological polar surface area (TPSA) is 12.9 Å². The summed E-state index contributed by atoms with van der Waals surface area (Å²) in [6, 6.07) is 0. The van der Waals surface area contributed by atoms with Gasteiger partial charge in [0.2, 0.25) is 0 Å². The average molecular weight is 186 g/mol. The van der Waals surface area contributed by atoms with Crippen LogP contribution in [0.25, 0.3) is 0 Å². The van der Waals surface area contributed by atoms with E-state index in [-0.39, 0.29) is 5.02 Å². The highest BCUT2D eigenvalue weighted by Gasteiger charge is 2.27. The fourth-order valence-corrected chi connectivity index (χ4v) is 1.49. The lowest BCUT2D eigenvalue weighted by Gasteiger charge is -2.04. The predicted octanol–water partition coefficient (Wildman–Crippen LogP) is 3.06. The molecule has 0 N–H and O–H groups in total. The van der Waals surface area contributed by atoms with Crippen molar-refractivity contribution in [2.24, 2.45) is 0 Å². The Morgan fingerprint density at radius 1 is 1.58 bits per heavy atom. The zero-order valence-corrected chi connectivity index (χ0v) is 7.53. The summed E-state index contributed by atoms with van der Waals surface area (Å²) in [6.07, 6.45) is 3.54. The molecule has 1 aliphatic rings. The van der Waals surface area contributed by atoms with Crippen molar-refractivity contribution in [3.05, 3.63) is 28.3 Å². The normalized spacial score (nSPS) is 16.6. The summed E-state index contributed by atoms with van der Waals surface area (Å²) in [6.45, 7) is 1.83. The Hall–Kier alpha value is -0.630. The number of halogens is 2. The van der Waals surface area contributed by atoms with Gasteiger partial charge in [-0.15, -0.1) is 0 Å². The molecule has 3 heteroatoms. The maximum Gasteiger partial charge on any atom is 0.160 e. The number of hydrogen-bond donors (Lipinski definition) is 0. The Labute approximate surface area is 75.6 Å². The summed E-state index contributed by atoms with van der Waals surface area (Å²) in [5.74, 6) is 0.113. The van der Waals surface area contributed by atoms with E-state index in [0.29, 0.717) is 5.92 Å². The van der Waals surface area contributed by atoms with Crippen LogP contribution in [0.15, 0.2) is 6.20 Å². The van der Waals surface area contributed by atoms with E-state index in [1.807, 2.05) is 6.92 Å². The highest BCUT2D eigenvalue weighted by molar-refractivity contribution is 6.31. The third-order valence-corrected chi connectivity index (χ3v) is 2.67. The summed E-state index contributed by atoms with van der Waals surface area (Å²) in [4.78, 5) is 4.04. The fourth-order valence-electron chi connectivity index (χ4n) is 1.34. The van der Waals surface area contributed by atoms with Gasteiger partial charge < -0.3 is 0 Å². The maximum absolute atomic E-state index is 12.8. The minimum Gasteiger partial charge on any atom is -0.258 e. The molecule has 0 amide bonds. The fraction of sp³-hybridized carbons (Fsp3) is 0.444. The summed E-state index contributed by atoms with van der Waals surface area (Å²) >= 11 is 5.74. The Balaban J connectivity index is 2.49. The molecule has 1 nitrogen and oxygen atoms in total. The zero-order chi connectivity index (χ0) is 8.72. The molecule has 1 aromatic heterocycles. The molecule has 0 bridgehead atoms. The molecular formula is C9H9ClFN. The van der Waals surface area contributed by atoms with E-state index in [1.54, 1.807) is 0 Å². The van der Waals surface area contributed by atoms with Crippen LogP contribution in [0.3, 0.4) is 0 Å². The van der Waals surface area contributed by atoms with Gasteiger partial charge in [-0.25, -0.2) is 4.39 Å². The number of aromatic nitrogens is 1. The minimum absolute atomic E-state index is 0.229. The molecular weight excluding hydrogens is 177 g/mol. The summed E-state index contributed by atoms with van der Waals surface area (Å²) in [5, 5.41) is 0.229. The SMILES string of the molecule is Cc1c(C2CC2)ncc(F)c1Cl. The van der Waals surface area contributed by atoms with Crippen molar-refractivity contribution in [1.82, 2.24) is 4.98 Å². The molecule has 0 spiro atoms. The van der Waals surface area contributed by atoms with Gasteiger partial charge in [0.25, 0.3) is 0 Å². The standard InChI is InChI=1S/C9H9ClFN/c1-5-8(10)7(11)4-12-9(5)6-2-3-6/h4,6H,2-3H2,1H3. The molecule has 0 aliphatic heterocycles. The highest BCUT2D eigenvalue weighted by atomic mass is 35.5. The van der Waals surface area contributed by atoms with Crippen LogP contribution < -0.4 is 0 Å². The van der Waals surface area contributed by atoms with E-state index in [4.69, 9.17) is 11.6 Å². The predicted molar refractivity (Wildman–Crippen MR) is 45.9 cm³/mol. The van der Waals surface area contributed by atoms with Crippen LogP contribution in [0.1, 0.15) is 30.0 Å². The van der Waals surface area contributed by atoms with Gasteiger partial charge in [0.15, 0.2) is 5.82 Å². The molecule has 1 aromatic rings. The average Bonchev–Trinajstić information content (AvgIpc) is 2.84. The second kappa shape index (κ2) is 2.70. The van der Waals surface area contributed by atoms with Crippen molar-refractivity contribution >= 4 is 11.6 Å². The van der Waals surface area contributed by atoms with Crippen molar-refractivity contribution in [2.75, 3.05) is 0 Å². The van der Waals surface area contributed by atoms with Gasteiger partial charge in [-0.1, -0.05) is 11.6 Å². The second-order valence-electron chi connectivity index (χ2n) is 3.20. The number of hydrogen-bond acceptors (Lipinski definition) is 1. The Bertz CT molecular complexity index is 321. The molecule has 1 heterocycles. The van der Waals surface area contributed by atoms with Crippen LogP contribution in [0.5, 0.6) is 0 Å². The van der Waals surface area contributed by atoms with Gasteiger partial charge >= 0.3 is 0 Å². The Morgan fingerprint density at radius 2 is 2.25 bits per heavy atom. The van der Waals surface area contributed by atoms with Gasteiger partial charge in [0.1, 0.15) is 0 Å². The second-order valence-corrected chi connectivity index (χ2v) is 3.58. The lowest BCUT2D eigenvalue weighted by atomic mass is 10.1. The maximum atomic E-state index is 12.8. The molecule has 0 radical (unpaired) electrons. The van der Waals surface area contributed by atoms with Gasteiger partial charge in [-0.3, -0.25) is 4.98 Å². The van der Waals surface area contributed by atoms with E-state index in [1.165, 1.54) is 6.20 Å². The monoisotopic (exact) mass is 185 g/mol. The largest absolute Gasteiger partial charge is 0.258 e. The van der Waals surface area contributed by atoms with E-state index in [9.17, 15) is 4.39 Å². The Morgan fingerprint density at radius 3 is 2.83 bits per heavy atom. The molecule has 1 saturated carbocycles. The first-order valence-electron chi connectivity index (χ1n) is 4.00. The molecule has 0 aromatic carbocycles. The molecule has 64 valence electrons. The molecule has 0 saturated heterocycles. The molecule has 1 aliphatic carbocycles. The summed E-state index contributed by atoms with van der Waals surface area (Å²) < 4.78 is 12.8. The molecule has 0 unspecified atom stereocenters. The van der Waals surface area contributed by atoms with Gasteiger partial charge in [-0.2, -0.15) is 0 Å². The Kier molecular flexibility index (Phi) is 1.80. The summed E-state index contributed by atoms with van der Waals surface area (Å²) in [7, 11) is 0. The molecule has 2 rings (SSSR count). The van der Waals surface area contributed by atoms with Crippen molar-refractivity contribution < 1.29 is 4.39 Å². The number of pyridine rings is 1. The third kappa shape index (κ3) is 1.20. The number of nitrogens with zero attached hydrogens (tertiary/aromatic N) is 1. The lowest BCUT2D eigenvalue weighted by molar-refractivity contribution is 0.617. The molecule has 1 fully saturated rings. The van der Waals surface area contributed by atoms with E-state index < -0.39 is 5.82 Å². The quantitative estimate of drug-likeness (QED) is 0.656. The van der Waals surface area contributed by atoms with Crippen LogP contribution in [-0.2, 0) is 0 Å². The van der Waals surface area contributed by atoms with E-state index in [2.05, 4.69) is 4.98 Å². The van der Waals surface area contributed by atoms with Crippen molar-refractivity contribution in [3.8, 4) is 0 Å². The van der Waals surface area contributed by atoms with Gasteiger partial charge in [0, 0.05) is 11.6 Å². The van der Waals surface area contributed by atoms with Crippen LogP contribution in [0.4, 0.5) is 4.39 Å². The lowest BCUT2D eigenvalue weighted by Crippen LogP contribution is -1.94. The highest BCUT2D eigenvalue weighted by Crippen LogP contribution is 2.41. The molecule has 0 atom stereocenters. The zero-order valence-electron chi connectivity index (χ0n) is 6.77. The first kappa shape index (κ1) is 7.99. The van der Waals surface area contributed by atoms with Gasteiger partial charge in [-0.05, 0) is 25.3 Å². The third-order valence-electron chi connectivity index (χ3n) is 2.20. The molecule has 12 heavy (non-hydrogen) atoms. The first-order chi connectivity index (χ1) is 5.70. The van der Waals surface area contributed by atoms with Gasteiger partial charge in [0.05, 0.1) is 11.2 Å². The van der Waals surface area contributed by atoms with Crippen LogP contribution >= 0.6 is 11.6 Å². The van der Waals surface area contributed by atoms with Crippen molar-refractivity contribution in [3.63, 3.8) is 0 Å². The van der Waals surface area contributed by atoms with Crippen molar-refractivity contribution in [2.45, 2.75) is 25.7 Å². The minimum atomic E-state index is -0.418. The van der Waals surface area contributed by atoms with Crippen LogP contribution in [0, 0.1) is 12.7 Å². The van der Waals surface area contributed by atoms with Crippen LogP contribution in [-0.4, -0.2) is 4.98 Å². The smallest absolute Gasteiger partial charge is 0.160 e. The van der Waals surface area contributed by atoms with E-state index in [0.717, 1.165) is 24.1 Å². The summed E-state index contributed by atoms with van der Waals surface area (Å²) in [5.41, 5.74) is 1.78. The number of rotatable bonds is 1. The van der Waals surface area contributed by atoms with Crippen molar-refractivity contribution in [1.29, 1.82) is 0 Å². The first-order valence-corrected chi connectivity index (χ1v) is 4.38.